The molecule has 2 aromatic rings. The maximum Gasteiger partial charge on any atom is 0.0471 e. The van der Waals surface area contributed by atoms with E-state index in [9.17, 15) is 0 Å². The Morgan fingerprint density at radius 3 is 2.53 bits per heavy atom. The molecule has 3 nitrogen and oxygen atoms in total. The van der Waals surface area contributed by atoms with E-state index in [0.29, 0.717) is 6.54 Å². The molecule has 100 valence electrons. The zero-order chi connectivity index (χ0) is 13.7. The van der Waals surface area contributed by atoms with Gasteiger partial charge in [-0.1, -0.05) is 17.7 Å². The van der Waals surface area contributed by atoms with Crippen LogP contribution in [0, 0.1) is 0 Å². The Morgan fingerprint density at radius 2 is 1.95 bits per heavy atom. The molecule has 0 aliphatic heterocycles. The summed E-state index contributed by atoms with van der Waals surface area (Å²) in [6.07, 6.45) is 3.63. The van der Waals surface area contributed by atoms with E-state index in [1.54, 1.807) is 0 Å². The van der Waals surface area contributed by atoms with Gasteiger partial charge in [0.15, 0.2) is 0 Å². The average molecular weight is 276 g/mol. The van der Waals surface area contributed by atoms with Gasteiger partial charge in [-0.05, 0) is 42.3 Å². The Morgan fingerprint density at radius 1 is 1.21 bits per heavy atom. The molecule has 0 aliphatic rings. The average Bonchev–Trinajstić information content (AvgIpc) is 2.46. The third-order valence-electron chi connectivity index (χ3n) is 3.13. The van der Waals surface area contributed by atoms with Crippen molar-refractivity contribution in [1.82, 2.24) is 4.98 Å². The zero-order valence-electron chi connectivity index (χ0n) is 11.0. The number of halogens is 1. The van der Waals surface area contributed by atoms with Crippen molar-refractivity contribution in [3.63, 3.8) is 0 Å². The van der Waals surface area contributed by atoms with Crippen LogP contribution in [-0.2, 0) is 13.1 Å². The molecule has 0 atom stereocenters. The summed E-state index contributed by atoms with van der Waals surface area (Å²) in [6.45, 7) is 4.36. The minimum atomic E-state index is 0.468. The maximum absolute atomic E-state index is 6.22. The quantitative estimate of drug-likeness (QED) is 0.911. The number of nitrogens with two attached hydrogens (primary N) is 1. The molecule has 0 radical (unpaired) electrons. The molecule has 2 rings (SSSR count). The van der Waals surface area contributed by atoms with Crippen molar-refractivity contribution in [3.05, 3.63) is 58.9 Å². The predicted octanol–water partition coefficient (Wildman–Crippen LogP) is 3.22. The summed E-state index contributed by atoms with van der Waals surface area (Å²) < 4.78 is 0. The Hall–Kier alpha value is -1.58. The number of benzene rings is 1. The Kier molecular flexibility index (Phi) is 4.77. The van der Waals surface area contributed by atoms with Gasteiger partial charge < -0.3 is 10.6 Å². The van der Waals surface area contributed by atoms with Crippen molar-refractivity contribution in [1.29, 1.82) is 0 Å². The van der Waals surface area contributed by atoms with Crippen molar-refractivity contribution in [2.24, 2.45) is 5.73 Å². The van der Waals surface area contributed by atoms with Crippen LogP contribution in [0.1, 0.15) is 18.1 Å². The van der Waals surface area contributed by atoms with Gasteiger partial charge in [-0.15, -0.1) is 0 Å². The number of nitrogens with zero attached hydrogens (tertiary/aromatic N) is 2. The summed E-state index contributed by atoms with van der Waals surface area (Å²) in [6, 6.07) is 10.1. The second-order valence-electron chi connectivity index (χ2n) is 4.35. The number of rotatable bonds is 5. The van der Waals surface area contributed by atoms with Gasteiger partial charge in [0.2, 0.25) is 0 Å². The number of anilines is 1. The predicted molar refractivity (Wildman–Crippen MR) is 80.3 cm³/mol. The van der Waals surface area contributed by atoms with Gasteiger partial charge in [-0.3, -0.25) is 4.98 Å². The number of pyridine rings is 1. The fraction of sp³-hybridized carbons (Fsp3) is 0.267. The maximum atomic E-state index is 6.22. The first-order valence-corrected chi connectivity index (χ1v) is 6.74. The largest absolute Gasteiger partial charge is 0.367 e. The molecule has 0 saturated carbocycles. The lowest BCUT2D eigenvalue weighted by Crippen LogP contribution is -2.22. The van der Waals surface area contributed by atoms with Crippen molar-refractivity contribution in [2.45, 2.75) is 20.0 Å². The molecule has 4 heteroatoms. The van der Waals surface area contributed by atoms with Gasteiger partial charge in [0, 0.05) is 42.7 Å². The van der Waals surface area contributed by atoms with Gasteiger partial charge in [0.25, 0.3) is 0 Å². The van der Waals surface area contributed by atoms with Gasteiger partial charge >= 0.3 is 0 Å². The first-order valence-electron chi connectivity index (χ1n) is 6.37. The first-order chi connectivity index (χ1) is 9.24. The van der Waals surface area contributed by atoms with Crippen molar-refractivity contribution in [2.75, 3.05) is 11.4 Å². The minimum absolute atomic E-state index is 0.468. The minimum Gasteiger partial charge on any atom is -0.367 e. The van der Waals surface area contributed by atoms with E-state index < -0.39 is 0 Å². The van der Waals surface area contributed by atoms with Gasteiger partial charge in [0.05, 0.1) is 0 Å². The first kappa shape index (κ1) is 13.8. The molecular formula is C15H18ClN3. The van der Waals surface area contributed by atoms with Crippen molar-refractivity contribution < 1.29 is 0 Å². The topological polar surface area (TPSA) is 42.2 Å². The molecule has 0 aliphatic carbocycles. The monoisotopic (exact) mass is 275 g/mol. The van der Waals surface area contributed by atoms with E-state index in [1.165, 1.54) is 5.56 Å². The fourth-order valence-electron chi connectivity index (χ4n) is 1.99. The van der Waals surface area contributed by atoms with E-state index in [1.807, 2.05) is 36.7 Å². The molecule has 19 heavy (non-hydrogen) atoms. The fourth-order valence-corrected chi connectivity index (χ4v) is 2.24. The molecule has 0 spiro atoms. The number of hydrogen-bond acceptors (Lipinski definition) is 3. The summed E-state index contributed by atoms with van der Waals surface area (Å²) in [5, 5.41) is 0.730. The lowest BCUT2D eigenvalue weighted by Gasteiger charge is -2.24. The molecule has 0 amide bonds. The van der Waals surface area contributed by atoms with Crippen LogP contribution in [0.5, 0.6) is 0 Å². The van der Waals surface area contributed by atoms with Crippen LogP contribution in [-0.4, -0.2) is 11.5 Å². The highest BCUT2D eigenvalue weighted by Gasteiger charge is 2.07. The SMILES string of the molecule is CCN(Cc1ccncc1)c1ccc(CN)c(Cl)c1. The molecule has 1 aromatic heterocycles. The molecule has 0 bridgehead atoms. The summed E-state index contributed by atoms with van der Waals surface area (Å²) in [5.74, 6) is 0. The van der Waals surface area contributed by atoms with Crippen LogP contribution < -0.4 is 10.6 Å². The summed E-state index contributed by atoms with van der Waals surface area (Å²) in [4.78, 5) is 6.30. The summed E-state index contributed by atoms with van der Waals surface area (Å²) in [7, 11) is 0. The molecule has 1 heterocycles. The lowest BCUT2D eigenvalue weighted by molar-refractivity contribution is 0.829. The lowest BCUT2D eigenvalue weighted by atomic mass is 10.1. The molecule has 0 unspecified atom stereocenters. The Bertz CT molecular complexity index is 528. The van der Waals surface area contributed by atoms with Crippen LogP contribution in [0.25, 0.3) is 0 Å². The highest BCUT2D eigenvalue weighted by Crippen LogP contribution is 2.24. The molecular weight excluding hydrogens is 258 g/mol. The number of aromatic nitrogens is 1. The third kappa shape index (κ3) is 3.46. The standard InChI is InChI=1S/C15H18ClN3/c1-2-19(11-12-5-7-18-8-6-12)14-4-3-13(10-17)15(16)9-14/h3-9H,2,10-11,17H2,1H3. The molecule has 1 aromatic carbocycles. The van der Waals surface area contributed by atoms with Gasteiger partial charge in [-0.25, -0.2) is 0 Å². The summed E-state index contributed by atoms with van der Waals surface area (Å²) in [5.41, 5.74) is 8.95. The van der Waals surface area contributed by atoms with E-state index in [0.717, 1.165) is 29.4 Å². The van der Waals surface area contributed by atoms with E-state index in [-0.39, 0.29) is 0 Å². The van der Waals surface area contributed by atoms with Crippen LogP contribution >= 0.6 is 11.6 Å². The highest BCUT2D eigenvalue weighted by atomic mass is 35.5. The Balaban J connectivity index is 2.20. The van der Waals surface area contributed by atoms with Crippen LogP contribution in [0.2, 0.25) is 5.02 Å². The third-order valence-corrected chi connectivity index (χ3v) is 3.48. The van der Waals surface area contributed by atoms with Crippen LogP contribution in [0.4, 0.5) is 5.69 Å². The number of hydrogen-bond donors (Lipinski definition) is 1. The van der Waals surface area contributed by atoms with E-state index >= 15 is 0 Å². The highest BCUT2D eigenvalue weighted by molar-refractivity contribution is 6.31. The van der Waals surface area contributed by atoms with Crippen molar-refractivity contribution >= 4 is 17.3 Å². The van der Waals surface area contributed by atoms with Crippen LogP contribution in [0.15, 0.2) is 42.7 Å². The normalized spacial score (nSPS) is 10.5. The molecule has 0 fully saturated rings. The molecule has 0 saturated heterocycles. The Labute approximate surface area is 119 Å². The van der Waals surface area contributed by atoms with E-state index in [4.69, 9.17) is 17.3 Å². The van der Waals surface area contributed by atoms with E-state index in [2.05, 4.69) is 22.9 Å². The van der Waals surface area contributed by atoms with Gasteiger partial charge in [-0.2, -0.15) is 0 Å². The smallest absolute Gasteiger partial charge is 0.0471 e. The zero-order valence-corrected chi connectivity index (χ0v) is 11.8. The second kappa shape index (κ2) is 6.55. The van der Waals surface area contributed by atoms with Gasteiger partial charge in [0.1, 0.15) is 0 Å². The van der Waals surface area contributed by atoms with Crippen molar-refractivity contribution in [3.8, 4) is 0 Å². The second-order valence-corrected chi connectivity index (χ2v) is 4.76. The summed E-state index contributed by atoms with van der Waals surface area (Å²) >= 11 is 6.22. The molecule has 2 N–H and O–H groups in total. The van der Waals surface area contributed by atoms with Crippen LogP contribution in [0.3, 0.4) is 0 Å².